The number of nitro groups is 2. The molecular formula is C23H25N7O6S. The second-order valence-corrected chi connectivity index (χ2v) is 9.17. The first kappa shape index (κ1) is 27.3. The smallest absolute Gasteiger partial charge is 0.270 e. The molecule has 0 aliphatic heterocycles. The van der Waals surface area contributed by atoms with E-state index in [0.717, 1.165) is 11.8 Å². The van der Waals surface area contributed by atoms with Gasteiger partial charge in [0.2, 0.25) is 5.91 Å². The number of hydrogen-bond acceptors (Lipinski definition) is 9. The third-order valence-electron chi connectivity index (χ3n) is 5.31. The molecule has 13 nitrogen and oxygen atoms in total. The number of carbonyl (C=O) groups is 2. The summed E-state index contributed by atoms with van der Waals surface area (Å²) in [4.78, 5) is 46.0. The number of rotatable bonds is 11. The Morgan fingerprint density at radius 1 is 1.03 bits per heavy atom. The third kappa shape index (κ3) is 6.88. The van der Waals surface area contributed by atoms with E-state index in [1.54, 1.807) is 4.57 Å². The van der Waals surface area contributed by atoms with Crippen LogP contribution in [-0.4, -0.2) is 42.2 Å². The summed E-state index contributed by atoms with van der Waals surface area (Å²) in [7, 11) is 0. The number of thioether (sulfide) groups is 1. The van der Waals surface area contributed by atoms with Crippen molar-refractivity contribution >= 4 is 40.6 Å². The highest BCUT2D eigenvalue weighted by atomic mass is 32.2. The van der Waals surface area contributed by atoms with E-state index in [2.05, 4.69) is 20.8 Å². The van der Waals surface area contributed by atoms with Crippen molar-refractivity contribution < 1.29 is 19.4 Å². The van der Waals surface area contributed by atoms with E-state index >= 15 is 0 Å². The zero-order valence-corrected chi connectivity index (χ0v) is 21.1. The zero-order valence-electron chi connectivity index (χ0n) is 20.3. The minimum atomic E-state index is -0.564. The molecule has 2 amide bonds. The minimum Gasteiger partial charge on any atom is -0.342 e. The molecule has 14 heteroatoms. The number of amides is 2. The van der Waals surface area contributed by atoms with E-state index in [4.69, 9.17) is 0 Å². The maximum atomic E-state index is 12.9. The van der Waals surface area contributed by atoms with Crippen LogP contribution in [0.5, 0.6) is 0 Å². The summed E-state index contributed by atoms with van der Waals surface area (Å²) in [5, 5.41) is 36.3. The van der Waals surface area contributed by atoms with E-state index in [1.807, 2.05) is 20.8 Å². The number of hydrogen-bond donors (Lipinski definition) is 2. The highest BCUT2D eigenvalue weighted by Crippen LogP contribution is 2.26. The highest BCUT2D eigenvalue weighted by Gasteiger charge is 2.26. The monoisotopic (exact) mass is 527 g/mol. The lowest BCUT2D eigenvalue weighted by Gasteiger charge is -2.22. The van der Waals surface area contributed by atoms with E-state index in [0.29, 0.717) is 23.2 Å². The molecule has 0 saturated heterocycles. The lowest BCUT2D eigenvalue weighted by Crippen LogP contribution is -2.33. The van der Waals surface area contributed by atoms with Gasteiger partial charge in [-0.05, 0) is 31.0 Å². The van der Waals surface area contributed by atoms with Crippen LogP contribution in [0.15, 0.2) is 53.7 Å². The molecular weight excluding hydrogens is 502 g/mol. The molecule has 0 spiro atoms. The third-order valence-corrected chi connectivity index (χ3v) is 6.27. The van der Waals surface area contributed by atoms with Gasteiger partial charge in [-0.2, -0.15) is 0 Å². The SMILES string of the molecule is CCn1c(SCC(=O)Nc2ccc([N+](=O)[O-])cc2)nnc1[C@@H](NC(=O)c1cccc([N+](=O)[O-])c1)C(C)C. The minimum absolute atomic E-state index is 0.0154. The molecule has 0 unspecified atom stereocenters. The maximum absolute atomic E-state index is 12.9. The first-order valence-corrected chi connectivity index (χ1v) is 12.2. The van der Waals surface area contributed by atoms with Crippen LogP contribution < -0.4 is 10.6 Å². The summed E-state index contributed by atoms with van der Waals surface area (Å²) in [6.45, 7) is 6.16. The van der Waals surface area contributed by atoms with Crippen LogP contribution in [0.25, 0.3) is 0 Å². The number of non-ortho nitro benzene ring substituents is 2. The fourth-order valence-electron chi connectivity index (χ4n) is 3.44. The summed E-state index contributed by atoms with van der Waals surface area (Å²) in [6.07, 6.45) is 0. The van der Waals surface area contributed by atoms with E-state index in [1.165, 1.54) is 48.5 Å². The summed E-state index contributed by atoms with van der Waals surface area (Å²) in [5.74, 6) is -0.383. The Bertz CT molecular complexity index is 1310. The van der Waals surface area contributed by atoms with Crippen molar-refractivity contribution in [2.24, 2.45) is 5.92 Å². The Balaban J connectivity index is 1.70. The van der Waals surface area contributed by atoms with E-state index in [-0.39, 0.29) is 34.5 Å². The van der Waals surface area contributed by atoms with Crippen molar-refractivity contribution in [2.45, 2.75) is 38.5 Å². The normalized spacial score (nSPS) is 11.7. The molecule has 2 aromatic carbocycles. The molecule has 3 rings (SSSR count). The summed E-state index contributed by atoms with van der Waals surface area (Å²) in [5.41, 5.74) is 0.321. The average molecular weight is 528 g/mol. The molecule has 0 bridgehead atoms. The Kier molecular flexibility index (Phi) is 8.90. The number of nitro benzene ring substituents is 2. The number of nitrogens with zero attached hydrogens (tertiary/aromatic N) is 5. The molecule has 0 radical (unpaired) electrons. The highest BCUT2D eigenvalue weighted by molar-refractivity contribution is 7.99. The fraction of sp³-hybridized carbons (Fsp3) is 0.304. The second-order valence-electron chi connectivity index (χ2n) is 8.23. The Hall–Kier alpha value is -4.33. The van der Waals surface area contributed by atoms with Gasteiger partial charge in [-0.15, -0.1) is 10.2 Å². The Labute approximate surface area is 216 Å². The van der Waals surface area contributed by atoms with Gasteiger partial charge in [0, 0.05) is 42.1 Å². The summed E-state index contributed by atoms with van der Waals surface area (Å²) < 4.78 is 1.79. The van der Waals surface area contributed by atoms with Crippen LogP contribution in [0.4, 0.5) is 17.1 Å². The lowest BCUT2D eigenvalue weighted by atomic mass is 10.0. The standard InChI is InChI=1S/C23H25N7O6S/c1-4-28-21(20(14(2)3)25-22(32)15-6-5-7-18(12-15)30(35)36)26-27-23(28)37-13-19(31)24-16-8-10-17(11-9-16)29(33)34/h5-12,14,20H,4,13H2,1-3H3,(H,24,31)(H,25,32)/t20-/m0/s1. The number of nitrogens with one attached hydrogen (secondary N) is 2. The molecule has 0 aliphatic carbocycles. The molecule has 0 fully saturated rings. The van der Waals surface area contributed by atoms with Gasteiger partial charge in [0.05, 0.1) is 21.6 Å². The van der Waals surface area contributed by atoms with Gasteiger partial charge in [-0.1, -0.05) is 31.7 Å². The Morgan fingerprint density at radius 3 is 2.30 bits per heavy atom. The van der Waals surface area contributed by atoms with E-state index in [9.17, 15) is 29.8 Å². The van der Waals surface area contributed by atoms with Gasteiger partial charge < -0.3 is 15.2 Å². The fourth-order valence-corrected chi connectivity index (χ4v) is 4.25. The Morgan fingerprint density at radius 2 is 1.70 bits per heavy atom. The quantitative estimate of drug-likeness (QED) is 0.212. The molecule has 1 heterocycles. The largest absolute Gasteiger partial charge is 0.342 e. The molecule has 194 valence electrons. The average Bonchev–Trinajstić information content (AvgIpc) is 3.28. The lowest BCUT2D eigenvalue weighted by molar-refractivity contribution is -0.385. The molecule has 0 saturated carbocycles. The van der Waals surface area contributed by atoms with Gasteiger partial charge in [-0.25, -0.2) is 0 Å². The van der Waals surface area contributed by atoms with Gasteiger partial charge in [0.25, 0.3) is 17.3 Å². The van der Waals surface area contributed by atoms with Gasteiger partial charge in [0.15, 0.2) is 11.0 Å². The predicted octanol–water partition coefficient (Wildman–Crippen LogP) is 3.97. The second kappa shape index (κ2) is 12.1. The molecule has 1 aromatic heterocycles. The zero-order chi connectivity index (χ0) is 27.1. The van der Waals surface area contributed by atoms with Gasteiger partial charge in [-0.3, -0.25) is 29.8 Å². The van der Waals surface area contributed by atoms with Crippen molar-refractivity contribution in [3.8, 4) is 0 Å². The van der Waals surface area contributed by atoms with Crippen LogP contribution >= 0.6 is 11.8 Å². The van der Waals surface area contributed by atoms with Crippen molar-refractivity contribution in [2.75, 3.05) is 11.1 Å². The van der Waals surface area contributed by atoms with Crippen molar-refractivity contribution in [3.63, 3.8) is 0 Å². The van der Waals surface area contributed by atoms with Gasteiger partial charge in [0.1, 0.15) is 0 Å². The van der Waals surface area contributed by atoms with Crippen molar-refractivity contribution in [1.29, 1.82) is 0 Å². The maximum Gasteiger partial charge on any atom is 0.270 e. The molecule has 3 aromatic rings. The first-order valence-electron chi connectivity index (χ1n) is 11.3. The summed E-state index contributed by atoms with van der Waals surface area (Å²) in [6, 6.07) is 10.4. The van der Waals surface area contributed by atoms with Crippen LogP contribution in [0.1, 0.15) is 43.0 Å². The van der Waals surface area contributed by atoms with Gasteiger partial charge >= 0.3 is 0 Å². The molecule has 37 heavy (non-hydrogen) atoms. The van der Waals surface area contributed by atoms with Crippen LogP contribution in [0, 0.1) is 26.1 Å². The van der Waals surface area contributed by atoms with Crippen LogP contribution in [0.2, 0.25) is 0 Å². The molecule has 1 atom stereocenters. The molecule has 2 N–H and O–H groups in total. The number of benzene rings is 2. The van der Waals surface area contributed by atoms with E-state index < -0.39 is 21.8 Å². The first-order chi connectivity index (χ1) is 17.6. The van der Waals surface area contributed by atoms with Crippen LogP contribution in [0.3, 0.4) is 0 Å². The number of aromatic nitrogens is 3. The van der Waals surface area contributed by atoms with Crippen molar-refractivity contribution in [1.82, 2.24) is 20.1 Å². The van der Waals surface area contributed by atoms with Crippen LogP contribution in [-0.2, 0) is 11.3 Å². The topological polar surface area (TPSA) is 175 Å². The predicted molar refractivity (Wildman–Crippen MR) is 136 cm³/mol. The molecule has 0 aliphatic rings. The van der Waals surface area contributed by atoms with Crippen molar-refractivity contribution in [3.05, 3.63) is 80.1 Å². The summed E-state index contributed by atoms with van der Waals surface area (Å²) >= 11 is 1.16. The number of anilines is 1. The number of carbonyl (C=O) groups excluding carboxylic acids is 2.